The maximum atomic E-state index is 12.4. The van der Waals surface area contributed by atoms with Gasteiger partial charge in [-0.3, -0.25) is 4.79 Å². The number of nitrogens with zero attached hydrogens (tertiary/aromatic N) is 3. The van der Waals surface area contributed by atoms with Crippen LogP contribution in [0.3, 0.4) is 0 Å². The number of amides is 1. The number of benzene rings is 1. The van der Waals surface area contributed by atoms with E-state index in [4.69, 9.17) is 11.6 Å². The highest BCUT2D eigenvalue weighted by Gasteiger charge is 2.35. The number of rotatable bonds is 4. The van der Waals surface area contributed by atoms with Gasteiger partial charge in [0.2, 0.25) is 0 Å². The molecule has 1 amide bonds. The fourth-order valence-corrected chi connectivity index (χ4v) is 1.97. The third-order valence-corrected chi connectivity index (χ3v) is 3.80. The van der Waals surface area contributed by atoms with E-state index >= 15 is 0 Å². The van der Waals surface area contributed by atoms with Crippen LogP contribution in [0.25, 0.3) is 5.69 Å². The van der Waals surface area contributed by atoms with Crippen molar-refractivity contribution in [3.05, 3.63) is 47.2 Å². The van der Waals surface area contributed by atoms with Crippen molar-refractivity contribution in [2.24, 2.45) is 0 Å². The Labute approximate surface area is 132 Å². The average molecular weight is 322 g/mol. The van der Waals surface area contributed by atoms with Crippen LogP contribution in [0.4, 0.5) is 0 Å². The molecule has 0 fully saturated rings. The van der Waals surface area contributed by atoms with E-state index in [0.29, 0.717) is 16.3 Å². The van der Waals surface area contributed by atoms with Gasteiger partial charge in [0, 0.05) is 18.3 Å². The molecule has 1 N–H and O–H groups in total. The Bertz CT molecular complexity index is 724. The highest BCUT2D eigenvalue weighted by atomic mass is 35.5. The lowest BCUT2D eigenvalue weighted by molar-refractivity contribution is -0.147. The van der Waals surface area contributed by atoms with Crippen LogP contribution in [0.1, 0.15) is 24.2 Å². The number of likely N-dealkylation sites (N-methyl/N-ethyl adjacent to an activating group) is 1. The van der Waals surface area contributed by atoms with Crippen molar-refractivity contribution in [3.8, 4) is 5.69 Å². The summed E-state index contributed by atoms with van der Waals surface area (Å²) in [6, 6.07) is 7.04. The predicted octanol–water partition coefficient (Wildman–Crippen LogP) is 2.46. The van der Waals surface area contributed by atoms with Gasteiger partial charge in [-0.25, -0.2) is 9.48 Å². The van der Waals surface area contributed by atoms with Crippen molar-refractivity contribution in [1.29, 1.82) is 0 Å². The first kappa shape index (κ1) is 16.0. The Morgan fingerprint density at radius 3 is 2.64 bits per heavy atom. The van der Waals surface area contributed by atoms with E-state index in [0.717, 1.165) is 0 Å². The van der Waals surface area contributed by atoms with Crippen LogP contribution in [-0.2, 0) is 4.79 Å². The smallest absolute Gasteiger partial charge is 0.329 e. The summed E-state index contributed by atoms with van der Waals surface area (Å²) < 4.78 is 1.51. The molecule has 0 aliphatic rings. The molecule has 2 rings (SSSR count). The second kappa shape index (κ2) is 5.81. The van der Waals surface area contributed by atoms with Crippen LogP contribution in [0.15, 0.2) is 36.7 Å². The molecule has 0 saturated heterocycles. The lowest BCUT2D eigenvalue weighted by Gasteiger charge is -2.31. The van der Waals surface area contributed by atoms with Crippen LogP contribution in [0, 0.1) is 0 Å². The van der Waals surface area contributed by atoms with E-state index in [2.05, 4.69) is 5.10 Å². The fourth-order valence-electron chi connectivity index (χ4n) is 1.78. The van der Waals surface area contributed by atoms with Gasteiger partial charge in [0.05, 0.1) is 17.4 Å². The number of carbonyl (C=O) groups is 2. The SMILES string of the molecule is CN(C(=O)c1cnn(-c2cccc(Cl)c2)c1)C(C)(C)C(=O)O. The van der Waals surface area contributed by atoms with Crippen molar-refractivity contribution in [2.45, 2.75) is 19.4 Å². The topological polar surface area (TPSA) is 75.4 Å². The van der Waals surface area contributed by atoms with Gasteiger partial charge in [-0.05, 0) is 32.0 Å². The number of halogens is 1. The van der Waals surface area contributed by atoms with Gasteiger partial charge in [0.1, 0.15) is 5.54 Å². The zero-order valence-corrected chi connectivity index (χ0v) is 13.2. The molecule has 2 aromatic rings. The molecular formula is C15H16ClN3O3. The first-order valence-corrected chi connectivity index (χ1v) is 6.93. The normalized spacial score (nSPS) is 11.3. The highest BCUT2D eigenvalue weighted by Crippen LogP contribution is 2.18. The van der Waals surface area contributed by atoms with Crippen LogP contribution in [0.5, 0.6) is 0 Å². The summed E-state index contributed by atoms with van der Waals surface area (Å²) in [6.45, 7) is 2.93. The molecule has 6 nitrogen and oxygen atoms in total. The van der Waals surface area contributed by atoms with E-state index < -0.39 is 17.4 Å². The molecule has 1 aromatic heterocycles. The number of hydrogen-bond acceptors (Lipinski definition) is 3. The molecule has 0 saturated carbocycles. The molecule has 0 spiro atoms. The molecule has 0 bridgehead atoms. The van der Waals surface area contributed by atoms with E-state index in [1.165, 1.54) is 36.7 Å². The van der Waals surface area contributed by atoms with Crippen molar-refractivity contribution < 1.29 is 14.7 Å². The minimum atomic E-state index is -1.31. The summed E-state index contributed by atoms with van der Waals surface area (Å²) >= 11 is 5.93. The second-order valence-electron chi connectivity index (χ2n) is 5.38. The van der Waals surface area contributed by atoms with E-state index in [-0.39, 0.29) is 0 Å². The lowest BCUT2D eigenvalue weighted by atomic mass is 10.0. The molecule has 0 radical (unpaired) electrons. The summed E-state index contributed by atoms with van der Waals surface area (Å²) in [7, 11) is 1.45. The number of carboxylic acid groups (broad SMARTS) is 1. The van der Waals surface area contributed by atoms with Gasteiger partial charge >= 0.3 is 5.97 Å². The summed E-state index contributed by atoms with van der Waals surface area (Å²) in [6.07, 6.45) is 2.94. The largest absolute Gasteiger partial charge is 0.480 e. The van der Waals surface area contributed by atoms with Crippen molar-refractivity contribution >= 4 is 23.5 Å². The van der Waals surface area contributed by atoms with Crippen LogP contribution in [-0.4, -0.2) is 44.3 Å². The maximum absolute atomic E-state index is 12.4. The first-order chi connectivity index (χ1) is 10.2. The second-order valence-corrected chi connectivity index (χ2v) is 5.82. The first-order valence-electron chi connectivity index (χ1n) is 6.55. The monoisotopic (exact) mass is 321 g/mol. The molecule has 7 heteroatoms. The number of hydrogen-bond donors (Lipinski definition) is 1. The molecular weight excluding hydrogens is 306 g/mol. The maximum Gasteiger partial charge on any atom is 0.329 e. The van der Waals surface area contributed by atoms with Crippen LogP contribution >= 0.6 is 11.6 Å². The van der Waals surface area contributed by atoms with Gasteiger partial charge in [-0.15, -0.1) is 0 Å². The van der Waals surface area contributed by atoms with Gasteiger partial charge in [0.15, 0.2) is 0 Å². The average Bonchev–Trinajstić information content (AvgIpc) is 2.95. The number of aliphatic carboxylic acids is 1. The predicted molar refractivity (Wildman–Crippen MR) is 82.4 cm³/mol. The van der Waals surface area contributed by atoms with Gasteiger partial charge in [-0.2, -0.15) is 5.10 Å². The number of carboxylic acids is 1. The van der Waals surface area contributed by atoms with Crippen molar-refractivity contribution in [3.63, 3.8) is 0 Å². The highest BCUT2D eigenvalue weighted by molar-refractivity contribution is 6.30. The third-order valence-electron chi connectivity index (χ3n) is 3.57. The molecule has 0 unspecified atom stereocenters. The summed E-state index contributed by atoms with van der Waals surface area (Å²) in [4.78, 5) is 24.8. The third kappa shape index (κ3) is 2.96. The summed E-state index contributed by atoms with van der Waals surface area (Å²) in [5.41, 5.74) is -0.293. The Hall–Kier alpha value is -2.34. The summed E-state index contributed by atoms with van der Waals surface area (Å²) in [5, 5.41) is 13.9. The zero-order valence-electron chi connectivity index (χ0n) is 12.4. The summed E-state index contributed by atoms with van der Waals surface area (Å²) in [5.74, 6) is -1.49. The van der Waals surface area contributed by atoms with Crippen LogP contribution < -0.4 is 0 Å². The van der Waals surface area contributed by atoms with Crippen LogP contribution in [0.2, 0.25) is 5.02 Å². The van der Waals surface area contributed by atoms with Gasteiger partial charge in [0.25, 0.3) is 5.91 Å². The van der Waals surface area contributed by atoms with Gasteiger partial charge in [-0.1, -0.05) is 17.7 Å². The Morgan fingerprint density at radius 1 is 1.36 bits per heavy atom. The zero-order chi connectivity index (χ0) is 16.5. The van der Waals surface area contributed by atoms with E-state index in [1.54, 1.807) is 30.5 Å². The minimum absolute atomic E-state index is 0.303. The van der Waals surface area contributed by atoms with E-state index in [1.807, 2.05) is 0 Å². The van der Waals surface area contributed by atoms with E-state index in [9.17, 15) is 14.7 Å². The molecule has 1 heterocycles. The number of aromatic nitrogens is 2. The minimum Gasteiger partial charge on any atom is -0.480 e. The molecule has 22 heavy (non-hydrogen) atoms. The molecule has 0 atom stereocenters. The Balaban J connectivity index is 2.28. The Kier molecular flexibility index (Phi) is 4.23. The fraction of sp³-hybridized carbons (Fsp3) is 0.267. The number of carbonyl (C=O) groups excluding carboxylic acids is 1. The van der Waals surface area contributed by atoms with Crippen molar-refractivity contribution in [1.82, 2.24) is 14.7 Å². The molecule has 116 valence electrons. The quantitative estimate of drug-likeness (QED) is 0.938. The molecule has 1 aromatic carbocycles. The Morgan fingerprint density at radius 2 is 2.05 bits per heavy atom. The molecule has 0 aliphatic heterocycles. The van der Waals surface area contributed by atoms with Gasteiger partial charge < -0.3 is 10.0 Å². The van der Waals surface area contributed by atoms with Crippen molar-refractivity contribution in [2.75, 3.05) is 7.05 Å². The molecule has 0 aliphatic carbocycles. The lowest BCUT2D eigenvalue weighted by Crippen LogP contribution is -2.50. The standard InChI is InChI=1S/C15H16ClN3O3/c1-15(2,14(21)22)18(3)13(20)10-8-17-19(9-10)12-6-4-5-11(16)7-12/h4-9H,1-3H3,(H,21,22).